The van der Waals surface area contributed by atoms with Crippen LogP contribution < -0.4 is 5.32 Å². The first-order valence-corrected chi connectivity index (χ1v) is 10.7. The van der Waals surface area contributed by atoms with Crippen LogP contribution in [0.1, 0.15) is 37.7 Å². The van der Waals surface area contributed by atoms with Gasteiger partial charge in [0, 0.05) is 57.8 Å². The first-order chi connectivity index (χ1) is 13.6. The first-order valence-electron chi connectivity index (χ1n) is 10.7. The summed E-state index contributed by atoms with van der Waals surface area (Å²) in [7, 11) is 1.85. The van der Waals surface area contributed by atoms with Gasteiger partial charge < -0.3 is 20.0 Å². The van der Waals surface area contributed by atoms with Crippen molar-refractivity contribution in [3.8, 4) is 0 Å². The van der Waals surface area contributed by atoms with E-state index in [9.17, 15) is 9.59 Å². The lowest BCUT2D eigenvalue weighted by atomic mass is 9.94. The van der Waals surface area contributed by atoms with Gasteiger partial charge in [-0.25, -0.2) is 4.79 Å². The fourth-order valence-corrected chi connectivity index (χ4v) is 4.89. The summed E-state index contributed by atoms with van der Waals surface area (Å²) in [4.78, 5) is 31.5. The van der Waals surface area contributed by atoms with Crippen LogP contribution in [0.15, 0.2) is 30.3 Å². The molecular formula is C22H32N4O2. The Labute approximate surface area is 167 Å². The molecule has 2 bridgehead atoms. The third kappa shape index (κ3) is 4.32. The number of amides is 3. The van der Waals surface area contributed by atoms with Crippen LogP contribution in [0.4, 0.5) is 4.79 Å². The fraction of sp³-hybridized carbons (Fsp3) is 0.636. The Kier molecular flexibility index (Phi) is 5.85. The second-order valence-corrected chi connectivity index (χ2v) is 8.60. The van der Waals surface area contributed by atoms with Crippen molar-refractivity contribution >= 4 is 11.9 Å². The lowest BCUT2D eigenvalue weighted by Crippen LogP contribution is -2.49. The number of nitrogens with one attached hydrogen (secondary N) is 1. The molecule has 6 heteroatoms. The molecule has 2 unspecified atom stereocenters. The number of urea groups is 1. The van der Waals surface area contributed by atoms with E-state index in [0.29, 0.717) is 37.6 Å². The van der Waals surface area contributed by atoms with Gasteiger partial charge in [0.2, 0.25) is 5.91 Å². The van der Waals surface area contributed by atoms with Crippen LogP contribution in [0.25, 0.3) is 0 Å². The zero-order valence-corrected chi connectivity index (χ0v) is 16.8. The van der Waals surface area contributed by atoms with E-state index in [-0.39, 0.29) is 11.9 Å². The van der Waals surface area contributed by atoms with Gasteiger partial charge in [0.1, 0.15) is 0 Å². The Hall–Kier alpha value is -2.08. The highest BCUT2D eigenvalue weighted by Gasteiger charge is 2.35. The number of carbonyl (C=O) groups excluding carboxylic acids is 2. The molecule has 0 radical (unpaired) electrons. The normalized spacial score (nSPS) is 25.5. The predicted molar refractivity (Wildman–Crippen MR) is 109 cm³/mol. The second-order valence-electron chi connectivity index (χ2n) is 8.60. The van der Waals surface area contributed by atoms with Gasteiger partial charge in [0.05, 0.1) is 0 Å². The molecule has 3 heterocycles. The van der Waals surface area contributed by atoms with E-state index in [1.807, 2.05) is 42.3 Å². The third-order valence-electron chi connectivity index (χ3n) is 6.54. The molecule has 0 saturated carbocycles. The van der Waals surface area contributed by atoms with Gasteiger partial charge in [-0.3, -0.25) is 4.79 Å². The molecule has 3 fully saturated rings. The fourth-order valence-electron chi connectivity index (χ4n) is 4.89. The summed E-state index contributed by atoms with van der Waals surface area (Å²) in [5.41, 5.74) is 1.13. The number of rotatable bonds is 3. The van der Waals surface area contributed by atoms with Gasteiger partial charge >= 0.3 is 6.03 Å². The number of nitrogens with zero attached hydrogens (tertiary/aromatic N) is 3. The van der Waals surface area contributed by atoms with E-state index >= 15 is 0 Å². The summed E-state index contributed by atoms with van der Waals surface area (Å²) in [5.74, 6) is 0.374. The lowest BCUT2D eigenvalue weighted by Gasteiger charge is -2.36. The van der Waals surface area contributed by atoms with Crippen LogP contribution >= 0.6 is 0 Å². The highest BCUT2D eigenvalue weighted by Crippen LogP contribution is 2.25. The van der Waals surface area contributed by atoms with Gasteiger partial charge in [-0.05, 0) is 37.7 Å². The molecular weight excluding hydrogens is 352 g/mol. The van der Waals surface area contributed by atoms with Crippen molar-refractivity contribution in [3.63, 3.8) is 0 Å². The Bertz CT molecular complexity index is 687. The molecule has 1 N–H and O–H groups in total. The Balaban J connectivity index is 1.26. The van der Waals surface area contributed by atoms with Crippen molar-refractivity contribution in [2.75, 3.05) is 33.2 Å². The second kappa shape index (κ2) is 8.52. The Morgan fingerprint density at radius 1 is 0.964 bits per heavy atom. The zero-order chi connectivity index (χ0) is 19.5. The van der Waals surface area contributed by atoms with E-state index in [1.54, 1.807) is 4.90 Å². The van der Waals surface area contributed by atoms with Gasteiger partial charge in [-0.2, -0.15) is 0 Å². The number of fused-ring (bicyclic) bond motifs is 2. The highest BCUT2D eigenvalue weighted by atomic mass is 16.2. The van der Waals surface area contributed by atoms with Gasteiger partial charge in [-0.1, -0.05) is 30.3 Å². The lowest BCUT2D eigenvalue weighted by molar-refractivity contribution is -0.137. The predicted octanol–water partition coefficient (Wildman–Crippen LogP) is 2.30. The monoisotopic (exact) mass is 384 g/mol. The summed E-state index contributed by atoms with van der Waals surface area (Å²) in [6.45, 7) is 3.70. The van der Waals surface area contributed by atoms with Crippen molar-refractivity contribution in [2.24, 2.45) is 5.92 Å². The van der Waals surface area contributed by atoms with Crippen molar-refractivity contribution < 1.29 is 9.59 Å². The maximum absolute atomic E-state index is 13.0. The van der Waals surface area contributed by atoms with Crippen molar-refractivity contribution in [1.29, 1.82) is 0 Å². The highest BCUT2D eigenvalue weighted by molar-refractivity contribution is 5.80. The van der Waals surface area contributed by atoms with Crippen molar-refractivity contribution in [1.82, 2.24) is 20.0 Å². The van der Waals surface area contributed by atoms with E-state index < -0.39 is 0 Å². The minimum atomic E-state index is 0.0611. The van der Waals surface area contributed by atoms with Crippen LogP contribution in [-0.2, 0) is 11.3 Å². The maximum Gasteiger partial charge on any atom is 0.320 e. The summed E-state index contributed by atoms with van der Waals surface area (Å²) < 4.78 is 0. The summed E-state index contributed by atoms with van der Waals surface area (Å²) in [6.07, 6.45) is 5.08. The van der Waals surface area contributed by atoms with Crippen molar-refractivity contribution in [3.05, 3.63) is 35.9 Å². The first kappa shape index (κ1) is 19.2. The molecule has 3 saturated heterocycles. The third-order valence-corrected chi connectivity index (χ3v) is 6.54. The maximum atomic E-state index is 13.0. The molecule has 3 aliphatic heterocycles. The number of likely N-dealkylation sites (tertiary alicyclic amines) is 2. The van der Waals surface area contributed by atoms with Crippen LogP contribution in [0.2, 0.25) is 0 Å². The van der Waals surface area contributed by atoms with Crippen LogP contribution in [0, 0.1) is 5.92 Å². The minimum Gasteiger partial charge on any atom is -0.341 e. The molecule has 3 amide bonds. The zero-order valence-electron chi connectivity index (χ0n) is 16.8. The van der Waals surface area contributed by atoms with Crippen molar-refractivity contribution in [2.45, 2.75) is 50.7 Å². The van der Waals surface area contributed by atoms with Gasteiger partial charge in [0.15, 0.2) is 0 Å². The summed E-state index contributed by atoms with van der Waals surface area (Å²) in [5, 5.41) is 3.64. The Morgan fingerprint density at radius 3 is 2.39 bits per heavy atom. The molecule has 0 aliphatic carbocycles. The number of hydrogen-bond acceptors (Lipinski definition) is 3. The van der Waals surface area contributed by atoms with E-state index in [2.05, 4.69) is 10.2 Å². The Morgan fingerprint density at radius 2 is 1.64 bits per heavy atom. The average molecular weight is 385 g/mol. The smallest absolute Gasteiger partial charge is 0.320 e. The standard InChI is InChI=1S/C22H32N4O2/c1-24(15-17-5-3-2-4-6-17)22(28)25-12-9-18(10-13-25)21(27)26-14-11-19-7-8-20(16-26)23-19/h2-6,18-20,23H,7-16H2,1H3. The molecule has 0 aromatic heterocycles. The van der Waals surface area contributed by atoms with Crippen LogP contribution in [-0.4, -0.2) is 71.9 Å². The largest absolute Gasteiger partial charge is 0.341 e. The molecule has 4 rings (SSSR count). The molecule has 3 aliphatic rings. The quantitative estimate of drug-likeness (QED) is 0.870. The van der Waals surface area contributed by atoms with E-state index in [1.165, 1.54) is 12.8 Å². The van der Waals surface area contributed by atoms with E-state index in [4.69, 9.17) is 0 Å². The van der Waals surface area contributed by atoms with Gasteiger partial charge in [-0.15, -0.1) is 0 Å². The summed E-state index contributed by atoms with van der Waals surface area (Å²) >= 11 is 0. The molecule has 2 atom stereocenters. The van der Waals surface area contributed by atoms with Gasteiger partial charge in [0.25, 0.3) is 0 Å². The van der Waals surface area contributed by atoms with Crippen LogP contribution in [0.3, 0.4) is 0 Å². The molecule has 1 aromatic rings. The number of benzene rings is 1. The molecule has 28 heavy (non-hydrogen) atoms. The minimum absolute atomic E-state index is 0.0611. The SMILES string of the molecule is CN(Cc1ccccc1)C(=O)N1CCC(C(=O)N2CCC3CCC(C2)N3)CC1. The number of hydrogen-bond donors (Lipinski definition) is 1. The molecule has 152 valence electrons. The topological polar surface area (TPSA) is 55.9 Å². The molecule has 1 aromatic carbocycles. The summed E-state index contributed by atoms with van der Waals surface area (Å²) in [6, 6.07) is 11.2. The average Bonchev–Trinajstić information content (AvgIpc) is 3.06. The molecule has 6 nitrogen and oxygen atoms in total. The number of piperidine rings is 1. The molecule has 0 spiro atoms. The number of carbonyl (C=O) groups is 2. The van der Waals surface area contributed by atoms with E-state index in [0.717, 1.165) is 37.9 Å². The van der Waals surface area contributed by atoms with Crippen LogP contribution in [0.5, 0.6) is 0 Å².